The monoisotopic (exact) mass is 383 g/mol. The number of urea groups is 1. The number of halogens is 1. The molecule has 1 aliphatic rings. The van der Waals surface area contributed by atoms with Gasteiger partial charge >= 0.3 is 6.03 Å². The highest BCUT2D eigenvalue weighted by Crippen LogP contribution is 2.24. The van der Waals surface area contributed by atoms with Gasteiger partial charge < -0.3 is 15.7 Å². The van der Waals surface area contributed by atoms with E-state index in [9.17, 15) is 23.9 Å². The molecule has 0 spiro atoms. The zero-order valence-electron chi connectivity index (χ0n) is 15.2. The predicted octanol–water partition coefficient (Wildman–Crippen LogP) is 2.68. The summed E-state index contributed by atoms with van der Waals surface area (Å²) in [5, 5.41) is 14.8. The third-order valence-corrected chi connectivity index (χ3v) is 4.22. The van der Waals surface area contributed by atoms with Crippen molar-refractivity contribution in [3.63, 3.8) is 0 Å². The lowest BCUT2D eigenvalue weighted by molar-refractivity contribution is -0.127. The van der Waals surface area contributed by atoms with Crippen LogP contribution in [0.25, 0.3) is 6.08 Å². The van der Waals surface area contributed by atoms with Crippen molar-refractivity contribution in [1.29, 1.82) is 0 Å². The van der Waals surface area contributed by atoms with E-state index >= 15 is 0 Å². The van der Waals surface area contributed by atoms with Gasteiger partial charge in [-0.15, -0.1) is 0 Å². The van der Waals surface area contributed by atoms with Gasteiger partial charge in [-0.1, -0.05) is 0 Å². The Morgan fingerprint density at radius 3 is 2.39 bits per heavy atom. The van der Waals surface area contributed by atoms with Gasteiger partial charge in [0.2, 0.25) is 5.91 Å². The van der Waals surface area contributed by atoms with E-state index in [2.05, 4.69) is 10.6 Å². The van der Waals surface area contributed by atoms with E-state index < -0.39 is 30.2 Å². The van der Waals surface area contributed by atoms with Crippen LogP contribution in [0.4, 0.5) is 14.9 Å². The van der Waals surface area contributed by atoms with Crippen molar-refractivity contribution in [3.05, 3.63) is 64.6 Å². The molecule has 144 valence electrons. The number of nitrogens with one attached hydrogen (secondary N) is 2. The number of phenols is 1. The van der Waals surface area contributed by atoms with Crippen LogP contribution in [-0.2, 0) is 9.59 Å². The molecule has 1 aliphatic heterocycles. The lowest BCUT2D eigenvalue weighted by Gasteiger charge is -2.12. The minimum absolute atomic E-state index is 0.0315. The summed E-state index contributed by atoms with van der Waals surface area (Å²) >= 11 is 0. The summed E-state index contributed by atoms with van der Waals surface area (Å²) in [6, 6.07) is 7.77. The second kappa shape index (κ2) is 7.51. The first-order valence-corrected chi connectivity index (χ1v) is 8.45. The van der Waals surface area contributed by atoms with Crippen molar-refractivity contribution in [2.75, 3.05) is 11.9 Å². The normalized spacial score (nSPS) is 15.1. The van der Waals surface area contributed by atoms with Crippen LogP contribution in [0.15, 0.2) is 42.1 Å². The number of anilines is 1. The first kappa shape index (κ1) is 19.1. The summed E-state index contributed by atoms with van der Waals surface area (Å²) in [5.74, 6) is -1.50. The SMILES string of the molecule is Cc1cc(/C=C2\NC(=O)N(CC(=O)Nc3ccc(F)cc3)C2=O)cc(C)c1O. The van der Waals surface area contributed by atoms with Gasteiger partial charge in [0.15, 0.2) is 0 Å². The van der Waals surface area contributed by atoms with Gasteiger partial charge in [-0.2, -0.15) is 0 Å². The van der Waals surface area contributed by atoms with Crippen molar-refractivity contribution < 1.29 is 23.9 Å². The number of aromatic hydroxyl groups is 1. The maximum atomic E-state index is 12.9. The average Bonchev–Trinajstić information content (AvgIpc) is 2.89. The van der Waals surface area contributed by atoms with Crippen molar-refractivity contribution in [1.82, 2.24) is 10.2 Å². The molecule has 3 rings (SSSR count). The number of carbonyl (C=O) groups is 3. The van der Waals surface area contributed by atoms with Gasteiger partial charge in [0.05, 0.1) is 0 Å². The second-order valence-electron chi connectivity index (χ2n) is 6.44. The van der Waals surface area contributed by atoms with Crippen LogP contribution in [0.5, 0.6) is 5.75 Å². The minimum Gasteiger partial charge on any atom is -0.507 e. The molecular formula is C20H18FN3O4. The number of phenolic OH excluding ortho intramolecular Hbond substituents is 1. The summed E-state index contributed by atoms with van der Waals surface area (Å²) in [4.78, 5) is 37.5. The molecule has 2 aromatic carbocycles. The Morgan fingerprint density at radius 2 is 1.79 bits per heavy atom. The van der Waals surface area contributed by atoms with E-state index in [-0.39, 0.29) is 11.4 Å². The van der Waals surface area contributed by atoms with Gasteiger partial charge in [0.25, 0.3) is 5.91 Å². The number of amides is 4. The van der Waals surface area contributed by atoms with E-state index in [1.54, 1.807) is 26.0 Å². The van der Waals surface area contributed by atoms with Crippen molar-refractivity contribution in [2.24, 2.45) is 0 Å². The van der Waals surface area contributed by atoms with Crippen molar-refractivity contribution >= 4 is 29.6 Å². The lowest BCUT2D eigenvalue weighted by atomic mass is 10.0. The Labute approximate surface area is 160 Å². The Kier molecular flexibility index (Phi) is 5.12. The van der Waals surface area contributed by atoms with Crippen LogP contribution in [-0.4, -0.2) is 34.4 Å². The number of hydrogen-bond acceptors (Lipinski definition) is 4. The standard InChI is InChI=1S/C20H18FN3O4/c1-11-7-13(8-12(2)18(11)26)9-16-19(27)24(20(28)23-16)10-17(25)22-15-5-3-14(21)4-6-15/h3-9,26H,10H2,1-2H3,(H,22,25)(H,23,28)/b16-9-. The molecule has 0 aliphatic carbocycles. The summed E-state index contributed by atoms with van der Waals surface area (Å²) < 4.78 is 12.9. The molecule has 3 N–H and O–H groups in total. The van der Waals surface area contributed by atoms with Crippen LogP contribution in [0, 0.1) is 19.7 Å². The number of aryl methyl sites for hydroxylation is 2. The van der Waals surface area contributed by atoms with Crippen molar-refractivity contribution in [2.45, 2.75) is 13.8 Å². The quantitative estimate of drug-likeness (QED) is 0.558. The Bertz CT molecular complexity index is 976. The van der Waals surface area contributed by atoms with Crippen molar-refractivity contribution in [3.8, 4) is 5.75 Å². The lowest BCUT2D eigenvalue weighted by Crippen LogP contribution is -2.38. The number of benzene rings is 2. The number of hydrogen-bond donors (Lipinski definition) is 3. The fraction of sp³-hybridized carbons (Fsp3) is 0.150. The zero-order chi connectivity index (χ0) is 20.4. The highest BCUT2D eigenvalue weighted by Gasteiger charge is 2.34. The molecule has 1 saturated heterocycles. The third-order valence-electron chi connectivity index (χ3n) is 4.22. The van der Waals surface area contributed by atoms with E-state index in [1.165, 1.54) is 30.3 Å². The van der Waals surface area contributed by atoms with Gasteiger partial charge in [-0.05, 0) is 73.0 Å². The Hall–Kier alpha value is -3.68. The van der Waals surface area contributed by atoms with E-state index in [4.69, 9.17) is 0 Å². The molecule has 4 amide bonds. The van der Waals surface area contributed by atoms with Gasteiger partial charge in [-0.3, -0.25) is 9.59 Å². The molecular weight excluding hydrogens is 365 g/mol. The third kappa shape index (κ3) is 4.01. The van der Waals surface area contributed by atoms with Gasteiger partial charge in [-0.25, -0.2) is 14.1 Å². The predicted molar refractivity (Wildman–Crippen MR) is 101 cm³/mol. The van der Waals surface area contributed by atoms with Gasteiger partial charge in [0.1, 0.15) is 23.8 Å². The highest BCUT2D eigenvalue weighted by molar-refractivity contribution is 6.15. The largest absolute Gasteiger partial charge is 0.507 e. The topological polar surface area (TPSA) is 98.7 Å². The minimum atomic E-state index is -0.710. The smallest absolute Gasteiger partial charge is 0.329 e. The van der Waals surface area contributed by atoms with Crippen LogP contribution < -0.4 is 10.6 Å². The molecule has 0 atom stereocenters. The molecule has 1 heterocycles. The molecule has 0 radical (unpaired) electrons. The zero-order valence-corrected chi connectivity index (χ0v) is 15.2. The Morgan fingerprint density at radius 1 is 1.18 bits per heavy atom. The van der Waals surface area contributed by atoms with E-state index in [1.807, 2.05) is 0 Å². The molecule has 0 bridgehead atoms. The average molecular weight is 383 g/mol. The number of carbonyl (C=O) groups excluding carboxylic acids is 3. The summed E-state index contributed by atoms with van der Waals surface area (Å²) in [7, 11) is 0. The molecule has 0 aromatic heterocycles. The first-order valence-electron chi connectivity index (χ1n) is 8.45. The first-order chi connectivity index (χ1) is 13.2. The van der Waals surface area contributed by atoms with Crippen LogP contribution in [0.1, 0.15) is 16.7 Å². The number of rotatable bonds is 4. The highest BCUT2D eigenvalue weighted by atomic mass is 19.1. The summed E-state index contributed by atoms with van der Waals surface area (Å²) in [5.41, 5.74) is 2.29. The number of imide groups is 1. The van der Waals surface area contributed by atoms with Crippen LogP contribution in [0.2, 0.25) is 0 Å². The molecule has 7 nitrogen and oxygen atoms in total. The van der Waals surface area contributed by atoms with Gasteiger partial charge in [0, 0.05) is 5.69 Å². The molecule has 8 heteroatoms. The maximum Gasteiger partial charge on any atom is 0.329 e. The maximum absolute atomic E-state index is 12.9. The summed E-state index contributed by atoms with van der Waals surface area (Å²) in [6.45, 7) is 2.98. The van der Waals surface area contributed by atoms with E-state index in [0.29, 0.717) is 22.4 Å². The molecule has 1 fully saturated rings. The molecule has 28 heavy (non-hydrogen) atoms. The molecule has 0 unspecified atom stereocenters. The van der Waals surface area contributed by atoms with Crippen LogP contribution >= 0.6 is 0 Å². The molecule has 2 aromatic rings. The Balaban J connectivity index is 1.72. The summed E-state index contributed by atoms with van der Waals surface area (Å²) in [6.07, 6.45) is 1.48. The number of nitrogens with zero attached hydrogens (tertiary/aromatic N) is 1. The fourth-order valence-corrected chi connectivity index (χ4v) is 2.83. The molecule has 0 saturated carbocycles. The fourth-order valence-electron chi connectivity index (χ4n) is 2.83. The van der Waals surface area contributed by atoms with Crippen LogP contribution in [0.3, 0.4) is 0 Å². The second-order valence-corrected chi connectivity index (χ2v) is 6.44. The van der Waals surface area contributed by atoms with E-state index in [0.717, 1.165) is 4.90 Å².